The van der Waals surface area contributed by atoms with Crippen molar-refractivity contribution in [2.24, 2.45) is 5.41 Å². The molecule has 1 aliphatic rings. The maximum Gasteiger partial charge on any atom is 0.442 e. The number of para-hydroxylation sites is 1. The number of thiophene rings is 1. The van der Waals surface area contributed by atoms with Gasteiger partial charge >= 0.3 is 12.3 Å². The Kier molecular flexibility index (Phi) is 8.05. The van der Waals surface area contributed by atoms with E-state index in [1.54, 1.807) is 22.5 Å². The van der Waals surface area contributed by atoms with E-state index in [1.165, 1.54) is 36.4 Å². The molecule has 0 radical (unpaired) electrons. The minimum Gasteiger partial charge on any atom is -0.410 e. The van der Waals surface area contributed by atoms with Crippen molar-refractivity contribution < 1.29 is 31.5 Å². The Morgan fingerprint density at radius 3 is 2.41 bits per heavy atom. The van der Waals surface area contributed by atoms with E-state index in [-0.39, 0.29) is 38.1 Å². The molecule has 39 heavy (non-hydrogen) atoms. The molecule has 1 aromatic carbocycles. The number of pyridine rings is 1. The zero-order valence-electron chi connectivity index (χ0n) is 21.8. The van der Waals surface area contributed by atoms with Crippen molar-refractivity contribution in [2.75, 3.05) is 13.1 Å². The molecule has 3 aromatic rings. The van der Waals surface area contributed by atoms with Crippen LogP contribution in [0, 0.1) is 17.5 Å². The van der Waals surface area contributed by atoms with Crippen molar-refractivity contribution in [3.63, 3.8) is 0 Å². The van der Waals surface area contributed by atoms with E-state index in [9.17, 15) is 22.4 Å². The van der Waals surface area contributed by atoms with E-state index >= 15 is 4.39 Å². The van der Waals surface area contributed by atoms with Crippen LogP contribution in [0.4, 0.5) is 26.7 Å². The van der Waals surface area contributed by atoms with Crippen molar-refractivity contribution >= 4 is 17.4 Å². The minimum atomic E-state index is -5.46. The van der Waals surface area contributed by atoms with Gasteiger partial charge in [0.15, 0.2) is 5.13 Å². The highest BCUT2D eigenvalue weighted by atomic mass is 32.1. The van der Waals surface area contributed by atoms with Gasteiger partial charge in [0.25, 0.3) is 5.79 Å². The average molecular weight is 568 g/mol. The fourth-order valence-corrected chi connectivity index (χ4v) is 5.86. The molecule has 2 aromatic heterocycles. The molecule has 0 spiro atoms. The van der Waals surface area contributed by atoms with Crippen LogP contribution in [-0.2, 0) is 12.0 Å². The van der Waals surface area contributed by atoms with Crippen molar-refractivity contribution in [2.45, 2.75) is 57.5 Å². The number of ether oxygens (including phenoxy) is 1. The second-order valence-electron chi connectivity index (χ2n) is 10.4. The molecule has 4 rings (SSSR count). The summed E-state index contributed by atoms with van der Waals surface area (Å²) in [5.41, 5.74) is -1.32. The molecule has 0 bridgehead atoms. The Morgan fingerprint density at radius 1 is 1.10 bits per heavy atom. The minimum absolute atomic E-state index is 0.00606. The molecule has 11 heteroatoms. The zero-order valence-corrected chi connectivity index (χ0v) is 22.6. The number of aromatic nitrogens is 1. The fraction of sp³-hybridized carbons (Fsp3) is 0.429. The third-order valence-electron chi connectivity index (χ3n) is 7.59. The fourth-order valence-electron chi connectivity index (χ4n) is 5.13. The van der Waals surface area contributed by atoms with E-state index in [0.717, 1.165) is 22.6 Å². The van der Waals surface area contributed by atoms with Gasteiger partial charge in [-0.15, -0.1) is 11.3 Å². The molecular weight excluding hydrogens is 537 g/mol. The lowest BCUT2D eigenvalue weighted by molar-refractivity contribution is -0.280. The quantitative estimate of drug-likeness (QED) is 0.232. The van der Waals surface area contributed by atoms with Gasteiger partial charge in [-0.3, -0.25) is 15.2 Å². The van der Waals surface area contributed by atoms with Gasteiger partial charge in [0, 0.05) is 34.3 Å². The Balaban J connectivity index is 1.69. The molecule has 1 fully saturated rings. The topological polar surface area (TPSA) is 54.5 Å². The van der Waals surface area contributed by atoms with Gasteiger partial charge in [0.1, 0.15) is 5.75 Å². The second kappa shape index (κ2) is 10.8. The summed E-state index contributed by atoms with van der Waals surface area (Å²) < 4.78 is 79.4. The summed E-state index contributed by atoms with van der Waals surface area (Å²) in [6.07, 6.45) is -5.84. The van der Waals surface area contributed by atoms with Crippen molar-refractivity contribution in [1.29, 1.82) is 0 Å². The van der Waals surface area contributed by atoms with Crippen LogP contribution in [0.25, 0.3) is 0 Å². The van der Waals surface area contributed by atoms with E-state index in [4.69, 9.17) is 4.74 Å². The van der Waals surface area contributed by atoms with Gasteiger partial charge in [-0.05, 0) is 82.5 Å². The van der Waals surface area contributed by atoms with Gasteiger partial charge in [0.2, 0.25) is 0 Å². The molecule has 5 nitrogen and oxygen atoms in total. The van der Waals surface area contributed by atoms with Crippen molar-refractivity contribution in [3.8, 4) is 5.75 Å². The molecule has 3 heterocycles. The van der Waals surface area contributed by atoms with Crippen LogP contribution < -0.4 is 10.1 Å². The summed E-state index contributed by atoms with van der Waals surface area (Å²) in [4.78, 5) is 19.2. The molecule has 2 atom stereocenters. The van der Waals surface area contributed by atoms with Crippen molar-refractivity contribution in [3.05, 3.63) is 82.1 Å². The largest absolute Gasteiger partial charge is 0.442 e. The van der Waals surface area contributed by atoms with E-state index in [0.29, 0.717) is 4.88 Å². The third-order valence-corrected chi connectivity index (χ3v) is 8.52. The number of nitrogens with one attached hydrogen (secondary N) is 1. The maximum absolute atomic E-state index is 16.7. The lowest BCUT2D eigenvalue weighted by Crippen LogP contribution is -2.67. The number of carbonyl (C=O) groups excluding carboxylic acids is 1. The van der Waals surface area contributed by atoms with Gasteiger partial charge in [-0.1, -0.05) is 24.3 Å². The Labute approximate surface area is 228 Å². The first-order valence-electron chi connectivity index (χ1n) is 12.5. The van der Waals surface area contributed by atoms with Crippen LogP contribution in [0.3, 0.4) is 0 Å². The first-order chi connectivity index (χ1) is 18.3. The Bertz CT molecular complexity index is 1280. The predicted molar refractivity (Wildman–Crippen MR) is 139 cm³/mol. The highest BCUT2D eigenvalue weighted by molar-refractivity contribution is 7.10. The second-order valence-corrected chi connectivity index (χ2v) is 11.5. The highest BCUT2D eigenvalue weighted by Crippen LogP contribution is 2.54. The Morgan fingerprint density at radius 2 is 1.82 bits per heavy atom. The molecule has 1 amide bonds. The number of aryl methyl sites for hydroxylation is 2. The molecule has 1 aliphatic heterocycles. The average Bonchev–Trinajstić information content (AvgIpc) is 3.50. The van der Waals surface area contributed by atoms with Gasteiger partial charge in [0.05, 0.1) is 0 Å². The number of amides is 1. The number of hydrogen-bond acceptors (Lipinski definition) is 5. The maximum atomic E-state index is 16.7. The number of halogens is 5. The van der Waals surface area contributed by atoms with E-state index < -0.39 is 34.1 Å². The molecule has 0 aliphatic carbocycles. The molecule has 0 saturated carbocycles. The molecule has 2 unspecified atom stereocenters. The number of benzene rings is 1. The molecule has 210 valence electrons. The summed E-state index contributed by atoms with van der Waals surface area (Å²) in [6.45, 7) is 5.33. The molecular formula is C28H30F5N3O2S. The number of rotatable bonds is 8. The van der Waals surface area contributed by atoms with Crippen LogP contribution in [-0.4, -0.2) is 41.0 Å². The van der Waals surface area contributed by atoms with Gasteiger partial charge in [-0.25, -0.2) is 9.18 Å². The Hall–Kier alpha value is -3.05. The van der Waals surface area contributed by atoms with Crippen LogP contribution >= 0.6 is 11.3 Å². The monoisotopic (exact) mass is 567 g/mol. The number of likely N-dealkylation sites (tertiary alicyclic amines) is 1. The van der Waals surface area contributed by atoms with E-state index in [2.05, 4.69) is 4.98 Å². The number of alkyl halides is 4. The first kappa shape index (κ1) is 28.9. The summed E-state index contributed by atoms with van der Waals surface area (Å²) in [7, 11) is 0. The standard InChI is InChI=1S/C28H30F5N3O2S/c1-19-9-10-20(17-34-19)25(2,3)36-16-15-26(18-36,14-13-22-11-12-23(29)39-22)27(30,28(31,32)33)35-24(37)38-21-7-5-4-6-8-21/h4-12,17H,13-16,18H2,1-3H3,(H,35,37). The molecule has 1 N–H and O–H groups in total. The summed E-state index contributed by atoms with van der Waals surface area (Å²) in [5.74, 6) is -4.15. The summed E-state index contributed by atoms with van der Waals surface area (Å²) in [6, 6.07) is 13.8. The number of hydrogen-bond donors (Lipinski definition) is 1. The number of carbonyl (C=O) groups is 1. The van der Waals surface area contributed by atoms with Gasteiger partial charge in [-0.2, -0.15) is 17.6 Å². The summed E-state index contributed by atoms with van der Waals surface area (Å²) >= 11 is 0.804. The normalized spacial score (nSPS) is 20.0. The molecule has 1 saturated heterocycles. The van der Waals surface area contributed by atoms with Crippen LogP contribution in [0.2, 0.25) is 0 Å². The lowest BCUT2D eigenvalue weighted by Gasteiger charge is -2.45. The van der Waals surface area contributed by atoms with Crippen LogP contribution in [0.5, 0.6) is 5.75 Å². The number of nitrogens with zero attached hydrogens (tertiary/aromatic N) is 2. The third kappa shape index (κ3) is 5.94. The lowest BCUT2D eigenvalue weighted by atomic mass is 9.72. The van der Waals surface area contributed by atoms with Crippen molar-refractivity contribution in [1.82, 2.24) is 15.2 Å². The first-order valence-corrected chi connectivity index (χ1v) is 13.3. The SMILES string of the molecule is Cc1ccc(C(C)(C)N2CCC(CCc3ccc(F)s3)(C(F)(NC(=O)Oc3ccccc3)C(F)(F)F)C2)cn1. The van der Waals surface area contributed by atoms with E-state index in [1.807, 2.05) is 32.9 Å². The van der Waals surface area contributed by atoms with Crippen LogP contribution in [0.15, 0.2) is 60.8 Å². The summed E-state index contributed by atoms with van der Waals surface area (Å²) in [5, 5.41) is 1.08. The smallest absolute Gasteiger partial charge is 0.410 e. The highest BCUT2D eigenvalue weighted by Gasteiger charge is 2.71. The van der Waals surface area contributed by atoms with Crippen LogP contribution in [0.1, 0.15) is 42.8 Å². The predicted octanol–water partition coefficient (Wildman–Crippen LogP) is 7.17. The van der Waals surface area contributed by atoms with Gasteiger partial charge < -0.3 is 4.74 Å². The zero-order chi connectivity index (χ0) is 28.5.